The summed E-state index contributed by atoms with van der Waals surface area (Å²) in [7, 11) is 0. The fraction of sp³-hybridized carbons (Fsp3) is 0.167. The van der Waals surface area contributed by atoms with Gasteiger partial charge in [-0.05, 0) is 26.0 Å². The quantitative estimate of drug-likeness (QED) is 0.850. The molecule has 17 heavy (non-hydrogen) atoms. The van der Waals surface area contributed by atoms with Crippen LogP contribution in [0.3, 0.4) is 0 Å². The van der Waals surface area contributed by atoms with Crippen LogP contribution in [0.15, 0.2) is 24.3 Å². The van der Waals surface area contributed by atoms with Gasteiger partial charge in [0, 0.05) is 5.56 Å². The van der Waals surface area contributed by atoms with E-state index in [9.17, 15) is 4.79 Å². The number of aryl methyl sites for hydroxylation is 2. The lowest BCUT2D eigenvalue weighted by Gasteiger charge is -2.03. The molecular formula is C12H11N3O2. The minimum Gasteiger partial charge on any atom is -0.478 e. The molecule has 5 heteroatoms. The van der Waals surface area contributed by atoms with Gasteiger partial charge in [-0.2, -0.15) is 0 Å². The molecule has 0 aliphatic rings. The number of hydrogen-bond acceptors (Lipinski definition) is 4. The van der Waals surface area contributed by atoms with Gasteiger partial charge in [-0.25, -0.2) is 19.7 Å². The number of hydrogen-bond donors (Lipinski definition) is 1. The Hall–Kier alpha value is -2.30. The first-order chi connectivity index (χ1) is 8.06. The molecule has 0 radical (unpaired) electrons. The molecule has 0 unspecified atom stereocenters. The number of rotatable bonds is 2. The zero-order valence-corrected chi connectivity index (χ0v) is 9.51. The first-order valence-electron chi connectivity index (χ1n) is 5.09. The van der Waals surface area contributed by atoms with Crippen LogP contribution in [-0.4, -0.2) is 26.0 Å². The molecule has 1 aromatic heterocycles. The van der Waals surface area contributed by atoms with Crippen molar-refractivity contribution in [2.24, 2.45) is 0 Å². The minimum atomic E-state index is -0.964. The molecular weight excluding hydrogens is 218 g/mol. The van der Waals surface area contributed by atoms with Crippen LogP contribution in [0.1, 0.15) is 22.0 Å². The van der Waals surface area contributed by atoms with Crippen LogP contribution in [0.4, 0.5) is 0 Å². The van der Waals surface area contributed by atoms with Crippen molar-refractivity contribution in [2.45, 2.75) is 13.8 Å². The molecule has 2 rings (SSSR count). The Morgan fingerprint density at radius 1 is 1.12 bits per heavy atom. The van der Waals surface area contributed by atoms with Crippen molar-refractivity contribution < 1.29 is 9.90 Å². The maximum Gasteiger partial charge on any atom is 0.335 e. The Balaban J connectivity index is 2.52. The van der Waals surface area contributed by atoms with Gasteiger partial charge in [0.2, 0.25) is 0 Å². The van der Waals surface area contributed by atoms with E-state index in [1.54, 1.807) is 32.0 Å². The maximum absolute atomic E-state index is 10.9. The lowest BCUT2D eigenvalue weighted by Crippen LogP contribution is -2.00. The van der Waals surface area contributed by atoms with E-state index in [0.29, 0.717) is 23.0 Å². The van der Waals surface area contributed by atoms with E-state index >= 15 is 0 Å². The largest absolute Gasteiger partial charge is 0.478 e. The number of carbonyl (C=O) groups is 1. The van der Waals surface area contributed by atoms with E-state index < -0.39 is 5.97 Å². The lowest BCUT2D eigenvalue weighted by atomic mass is 10.1. The van der Waals surface area contributed by atoms with Gasteiger partial charge < -0.3 is 5.11 Å². The van der Waals surface area contributed by atoms with Crippen molar-refractivity contribution >= 4 is 5.97 Å². The highest BCUT2D eigenvalue weighted by Gasteiger charge is 2.07. The SMILES string of the molecule is Cc1nc(C)nc(-c2cccc(C(=O)O)c2)n1. The van der Waals surface area contributed by atoms with Gasteiger partial charge in [-0.15, -0.1) is 0 Å². The normalized spacial score (nSPS) is 10.2. The van der Waals surface area contributed by atoms with Crippen molar-refractivity contribution in [1.82, 2.24) is 15.0 Å². The molecule has 0 amide bonds. The first-order valence-corrected chi connectivity index (χ1v) is 5.09. The van der Waals surface area contributed by atoms with E-state index in [2.05, 4.69) is 15.0 Å². The van der Waals surface area contributed by atoms with Gasteiger partial charge >= 0.3 is 5.97 Å². The summed E-state index contributed by atoms with van der Waals surface area (Å²) in [5, 5.41) is 8.91. The summed E-state index contributed by atoms with van der Waals surface area (Å²) in [5.74, 6) is 0.772. The van der Waals surface area contributed by atoms with E-state index in [0.717, 1.165) is 0 Å². The summed E-state index contributed by atoms with van der Waals surface area (Å²) in [6.45, 7) is 3.55. The van der Waals surface area contributed by atoms with Gasteiger partial charge in [0.15, 0.2) is 5.82 Å². The van der Waals surface area contributed by atoms with Crippen molar-refractivity contribution in [3.05, 3.63) is 41.5 Å². The third-order valence-electron chi connectivity index (χ3n) is 2.23. The van der Waals surface area contributed by atoms with E-state index in [1.807, 2.05) is 0 Å². The minimum absolute atomic E-state index is 0.221. The molecule has 0 spiro atoms. The smallest absolute Gasteiger partial charge is 0.335 e. The number of aromatic nitrogens is 3. The fourth-order valence-corrected chi connectivity index (χ4v) is 1.54. The molecule has 0 saturated carbocycles. The van der Waals surface area contributed by atoms with Gasteiger partial charge in [-0.3, -0.25) is 0 Å². The number of carboxylic acids is 1. The summed E-state index contributed by atoms with van der Waals surface area (Å²) in [6, 6.07) is 6.54. The monoisotopic (exact) mass is 229 g/mol. The number of aromatic carboxylic acids is 1. The second-order valence-corrected chi connectivity index (χ2v) is 3.64. The topological polar surface area (TPSA) is 76.0 Å². The average Bonchev–Trinajstić information content (AvgIpc) is 2.28. The highest BCUT2D eigenvalue weighted by Crippen LogP contribution is 2.16. The molecule has 0 saturated heterocycles. The molecule has 86 valence electrons. The molecule has 1 N–H and O–H groups in total. The summed E-state index contributed by atoms with van der Waals surface area (Å²) in [5.41, 5.74) is 0.900. The summed E-state index contributed by atoms with van der Waals surface area (Å²) >= 11 is 0. The Kier molecular flexibility index (Phi) is 2.82. The average molecular weight is 229 g/mol. The van der Waals surface area contributed by atoms with Crippen molar-refractivity contribution in [1.29, 1.82) is 0 Å². The number of benzene rings is 1. The van der Waals surface area contributed by atoms with Gasteiger partial charge in [-0.1, -0.05) is 12.1 Å². The second-order valence-electron chi connectivity index (χ2n) is 3.64. The zero-order valence-electron chi connectivity index (χ0n) is 9.51. The van der Waals surface area contributed by atoms with Crippen LogP contribution >= 0.6 is 0 Å². The molecule has 0 aliphatic carbocycles. The zero-order chi connectivity index (χ0) is 12.4. The van der Waals surface area contributed by atoms with Crippen LogP contribution in [0.25, 0.3) is 11.4 Å². The van der Waals surface area contributed by atoms with E-state index in [-0.39, 0.29) is 5.56 Å². The van der Waals surface area contributed by atoms with Crippen molar-refractivity contribution in [2.75, 3.05) is 0 Å². The highest BCUT2D eigenvalue weighted by molar-refractivity contribution is 5.89. The van der Waals surface area contributed by atoms with Crippen LogP contribution in [0, 0.1) is 13.8 Å². The van der Waals surface area contributed by atoms with Crippen molar-refractivity contribution in [3.63, 3.8) is 0 Å². The molecule has 0 atom stereocenters. The molecule has 2 aromatic rings. The Morgan fingerprint density at radius 2 is 1.76 bits per heavy atom. The molecule has 0 bridgehead atoms. The Bertz CT molecular complexity index is 561. The third-order valence-corrected chi connectivity index (χ3v) is 2.23. The number of carboxylic acid groups (broad SMARTS) is 1. The van der Waals surface area contributed by atoms with Crippen LogP contribution < -0.4 is 0 Å². The molecule has 0 aliphatic heterocycles. The Labute approximate surface area is 98.2 Å². The third kappa shape index (κ3) is 2.44. The van der Waals surface area contributed by atoms with Crippen LogP contribution in [0.2, 0.25) is 0 Å². The van der Waals surface area contributed by atoms with Crippen LogP contribution in [-0.2, 0) is 0 Å². The number of nitrogens with zero attached hydrogens (tertiary/aromatic N) is 3. The van der Waals surface area contributed by atoms with Crippen LogP contribution in [0.5, 0.6) is 0 Å². The molecule has 1 aromatic carbocycles. The van der Waals surface area contributed by atoms with E-state index in [4.69, 9.17) is 5.11 Å². The summed E-state index contributed by atoms with van der Waals surface area (Å²) < 4.78 is 0. The summed E-state index contributed by atoms with van der Waals surface area (Å²) in [4.78, 5) is 23.3. The molecule has 1 heterocycles. The predicted octanol–water partition coefficient (Wildman–Crippen LogP) is 1.85. The van der Waals surface area contributed by atoms with Crippen molar-refractivity contribution in [3.8, 4) is 11.4 Å². The first kappa shape index (κ1) is 11.2. The highest BCUT2D eigenvalue weighted by atomic mass is 16.4. The summed E-state index contributed by atoms with van der Waals surface area (Å²) in [6.07, 6.45) is 0. The van der Waals surface area contributed by atoms with Gasteiger partial charge in [0.1, 0.15) is 11.6 Å². The standard InChI is InChI=1S/C12H11N3O2/c1-7-13-8(2)15-11(14-7)9-4-3-5-10(6-9)12(16)17/h3-6H,1-2H3,(H,16,17). The van der Waals surface area contributed by atoms with Gasteiger partial charge in [0.05, 0.1) is 5.56 Å². The lowest BCUT2D eigenvalue weighted by molar-refractivity contribution is 0.0697. The Morgan fingerprint density at radius 3 is 2.35 bits per heavy atom. The van der Waals surface area contributed by atoms with E-state index in [1.165, 1.54) is 6.07 Å². The predicted molar refractivity (Wildman–Crippen MR) is 61.7 cm³/mol. The molecule has 0 fully saturated rings. The fourth-order valence-electron chi connectivity index (χ4n) is 1.54. The maximum atomic E-state index is 10.9. The van der Waals surface area contributed by atoms with Gasteiger partial charge in [0.25, 0.3) is 0 Å². The second kappa shape index (κ2) is 4.29. The molecule has 5 nitrogen and oxygen atoms in total.